The zero-order valence-corrected chi connectivity index (χ0v) is 40.1. The molecule has 3 aliphatic heterocycles. The lowest BCUT2D eigenvalue weighted by Crippen LogP contribution is -2.48. The van der Waals surface area contributed by atoms with Crippen LogP contribution in [0.3, 0.4) is 0 Å². The number of anilines is 1. The highest BCUT2D eigenvalue weighted by Crippen LogP contribution is 2.51. The van der Waals surface area contributed by atoms with Crippen molar-refractivity contribution < 1.29 is 15.0 Å². The summed E-state index contributed by atoms with van der Waals surface area (Å²) in [4.78, 5) is 39.8. The van der Waals surface area contributed by atoms with Crippen molar-refractivity contribution in [2.45, 2.75) is 178 Å². The van der Waals surface area contributed by atoms with Crippen LogP contribution < -0.4 is 4.90 Å². The van der Waals surface area contributed by atoms with E-state index in [9.17, 15) is 15.0 Å². The number of carbonyl (C=O) groups is 1. The third-order valence-corrected chi connectivity index (χ3v) is 16.9. The van der Waals surface area contributed by atoms with Crippen molar-refractivity contribution in [1.29, 1.82) is 0 Å². The number of H-pyrrole nitrogens is 2. The van der Waals surface area contributed by atoms with Crippen LogP contribution in [0.5, 0.6) is 0 Å². The van der Waals surface area contributed by atoms with Gasteiger partial charge in [-0.3, -0.25) is 9.69 Å². The van der Waals surface area contributed by atoms with Crippen molar-refractivity contribution >= 4 is 55.5 Å². The van der Waals surface area contributed by atoms with Gasteiger partial charge in [0.2, 0.25) is 0 Å². The Bertz CT molecular complexity index is 2570. The maximum atomic E-state index is 14.0. The first-order chi connectivity index (χ1) is 31.3. The van der Waals surface area contributed by atoms with E-state index in [-0.39, 0.29) is 35.5 Å². The number of likely N-dealkylation sites (tertiary alicyclic amines) is 2. The molecule has 1 unspecified atom stereocenters. The van der Waals surface area contributed by atoms with Crippen molar-refractivity contribution in [3.8, 4) is 0 Å². The molecule has 5 aromatic rings. The Labute approximate surface area is 389 Å². The van der Waals surface area contributed by atoms with Gasteiger partial charge in [0, 0.05) is 18.8 Å². The number of imidazole rings is 2. The predicted molar refractivity (Wildman–Crippen MR) is 266 cm³/mol. The van der Waals surface area contributed by atoms with Gasteiger partial charge >= 0.3 is 0 Å². The van der Waals surface area contributed by atoms with Crippen molar-refractivity contribution in [3.63, 3.8) is 0 Å². The second-order valence-corrected chi connectivity index (χ2v) is 22.2. The molecule has 4 N–H and O–H groups in total. The van der Waals surface area contributed by atoms with E-state index in [0.29, 0.717) is 25.3 Å². The fourth-order valence-corrected chi connectivity index (χ4v) is 13.4. The number of aromatic amines is 2. The molecule has 0 radical (unpaired) electrons. The van der Waals surface area contributed by atoms with Crippen LogP contribution in [-0.4, -0.2) is 81.0 Å². The standard InChI is InChI=1S/C54H71N7O3S/c1-35-32-46(36-18-24-40-42(33-36)57-48(55-40)44-16-14-30-59(44)50(62)53(63)26-10-6-7-11-27-53)61(39-22-20-38(21-23-39)52(2,3)4)47(35)37-19-25-41-43(34-37)58-49(56-41)45-17-15-31-60(45)51(65-5)54(64)28-12-8-9-13-29-54/h18-25,33-35,44-47,63-64H,5-17,26-32H2,1-4H3,(H,55,57)(H,56,58)/t35?,44-,45-,46+,47+/m1/s1. The van der Waals surface area contributed by atoms with Crippen LogP contribution >= 0.6 is 10.9 Å². The highest BCUT2D eigenvalue weighted by molar-refractivity contribution is 7.96. The van der Waals surface area contributed by atoms with Crippen LogP contribution in [-0.2, 0) is 10.2 Å². The van der Waals surface area contributed by atoms with Gasteiger partial charge in [-0.2, -0.15) is 0 Å². The topological polar surface area (TPSA) is 125 Å². The van der Waals surface area contributed by atoms with Crippen molar-refractivity contribution in [1.82, 2.24) is 29.7 Å². The fraction of sp³-hybridized carbons (Fsp3) is 0.574. The largest absolute Gasteiger partial charge is 0.383 e. The van der Waals surface area contributed by atoms with Crippen LogP contribution in [0, 0.1) is 5.92 Å². The molecule has 2 aliphatic carbocycles. The molecule has 5 heterocycles. The van der Waals surface area contributed by atoms with E-state index in [1.165, 1.54) is 46.2 Å². The van der Waals surface area contributed by atoms with Gasteiger partial charge in [0.1, 0.15) is 22.9 Å². The number of aliphatic hydroxyl groups is 2. The van der Waals surface area contributed by atoms with Gasteiger partial charge in [-0.25, -0.2) is 9.97 Å². The molecule has 2 saturated carbocycles. The van der Waals surface area contributed by atoms with Gasteiger partial charge in [0.05, 0.1) is 51.2 Å². The third-order valence-electron chi connectivity index (χ3n) is 16.0. The second kappa shape index (κ2) is 17.7. The summed E-state index contributed by atoms with van der Waals surface area (Å²) in [7, 11) is 1.49. The zero-order chi connectivity index (χ0) is 45.1. The minimum Gasteiger partial charge on any atom is -0.383 e. The van der Waals surface area contributed by atoms with Crippen LogP contribution in [0.1, 0.15) is 189 Å². The minimum absolute atomic E-state index is 0.0442. The number of benzene rings is 3. The molecule has 65 heavy (non-hydrogen) atoms. The SMILES string of the molecule is C=S=C(N1CCC[C@@H]1c1nc2ccc([C@@H]3C(C)C[C@@H](c4ccc5nc([C@H]6CCCN6C(=O)C6(O)CCCCCC6)[nH]c5c4)N3c3ccc(C(C)(C)C)cc3)cc2[nH]1)C1(O)CCCCCC1. The molecule has 10 nitrogen and oxygen atoms in total. The first kappa shape index (κ1) is 44.5. The molecule has 1 amide bonds. The molecular weight excluding hydrogens is 827 g/mol. The Morgan fingerprint density at radius 3 is 1.78 bits per heavy atom. The smallest absolute Gasteiger partial charge is 0.255 e. The van der Waals surface area contributed by atoms with E-state index in [2.05, 4.69) is 114 Å². The number of fused-ring (bicyclic) bond motifs is 2. The Kier molecular flexibility index (Phi) is 12.2. The van der Waals surface area contributed by atoms with Crippen molar-refractivity contribution in [2.75, 3.05) is 18.0 Å². The molecule has 2 aromatic heterocycles. The van der Waals surface area contributed by atoms with Crippen LogP contribution in [0.4, 0.5) is 5.69 Å². The summed E-state index contributed by atoms with van der Waals surface area (Å²) < 4.78 is 0. The van der Waals surface area contributed by atoms with Gasteiger partial charge in [0.25, 0.3) is 5.91 Å². The fourth-order valence-electron chi connectivity index (χ4n) is 12.5. The van der Waals surface area contributed by atoms with Gasteiger partial charge in [0.15, 0.2) is 0 Å². The minimum atomic E-state index is -1.27. The Morgan fingerprint density at radius 2 is 1.22 bits per heavy atom. The maximum Gasteiger partial charge on any atom is 0.255 e. The summed E-state index contributed by atoms with van der Waals surface area (Å²) in [5, 5.41) is 23.6. The Balaban J connectivity index is 0.963. The van der Waals surface area contributed by atoms with E-state index in [4.69, 9.17) is 9.97 Å². The van der Waals surface area contributed by atoms with E-state index >= 15 is 0 Å². The molecule has 11 heteroatoms. The van der Waals surface area contributed by atoms with Gasteiger partial charge in [-0.1, -0.05) is 103 Å². The highest BCUT2D eigenvalue weighted by atomic mass is 32.1. The number of nitrogens with one attached hydrogen (secondary N) is 2. The van der Waals surface area contributed by atoms with Gasteiger partial charge in [-0.05, 0) is 128 Å². The molecule has 10 rings (SSSR count). The van der Waals surface area contributed by atoms with Crippen LogP contribution in [0.15, 0.2) is 60.7 Å². The molecule has 5 aliphatic rings. The Hall–Kier alpha value is -4.29. The average Bonchev–Trinajstić information content (AvgIpc) is 4.13. The normalized spacial score (nSPS) is 26.5. The molecular formula is C54H71N7O3S. The highest BCUT2D eigenvalue weighted by Gasteiger charge is 2.45. The van der Waals surface area contributed by atoms with Gasteiger partial charge in [-0.15, -0.1) is 10.9 Å². The van der Waals surface area contributed by atoms with Crippen molar-refractivity contribution in [2.24, 2.45) is 5.92 Å². The number of rotatable bonds is 7. The number of amides is 1. The predicted octanol–water partition coefficient (Wildman–Crippen LogP) is 11.3. The molecule has 3 saturated heterocycles. The number of hydrogen-bond acceptors (Lipinski definition) is 6. The summed E-state index contributed by atoms with van der Waals surface area (Å²) in [5.41, 5.74) is 6.92. The monoisotopic (exact) mass is 898 g/mol. The lowest BCUT2D eigenvalue weighted by Gasteiger charge is -2.35. The van der Waals surface area contributed by atoms with Gasteiger partial charge < -0.3 is 30.0 Å². The number of aromatic nitrogens is 4. The Morgan fingerprint density at radius 1 is 0.692 bits per heavy atom. The van der Waals surface area contributed by atoms with Crippen LogP contribution in [0.2, 0.25) is 0 Å². The molecule has 0 bridgehead atoms. The van der Waals surface area contributed by atoms with E-state index in [0.717, 1.165) is 129 Å². The second-order valence-electron chi connectivity index (χ2n) is 21.5. The first-order valence-electron chi connectivity index (χ1n) is 25.0. The summed E-state index contributed by atoms with van der Waals surface area (Å²) in [6.45, 7) is 10.8. The third kappa shape index (κ3) is 8.42. The number of carbonyl (C=O) groups excluding carboxylic acids is 1. The number of nitrogens with zero attached hydrogens (tertiary/aromatic N) is 5. The summed E-state index contributed by atoms with van der Waals surface area (Å²) in [5.74, 6) is 6.30. The van der Waals surface area contributed by atoms with Crippen LogP contribution in [0.25, 0.3) is 22.1 Å². The lowest BCUT2D eigenvalue weighted by molar-refractivity contribution is -0.154. The average molecular weight is 898 g/mol. The zero-order valence-electron chi connectivity index (χ0n) is 39.2. The molecule has 5 fully saturated rings. The molecule has 346 valence electrons. The summed E-state index contributed by atoms with van der Waals surface area (Å²) >= 11 is 0. The first-order valence-corrected chi connectivity index (χ1v) is 26.0. The van der Waals surface area contributed by atoms with E-state index in [1.54, 1.807) is 0 Å². The molecule has 5 atom stereocenters. The quantitative estimate of drug-likeness (QED) is 0.0947. The van der Waals surface area contributed by atoms with Crippen molar-refractivity contribution in [3.05, 3.63) is 89.0 Å². The van der Waals surface area contributed by atoms with E-state index < -0.39 is 11.2 Å². The lowest BCUT2D eigenvalue weighted by atomic mass is 9.87. The molecule has 0 spiro atoms. The van der Waals surface area contributed by atoms with E-state index in [1.807, 2.05) is 4.90 Å². The summed E-state index contributed by atoms with van der Waals surface area (Å²) in [6.07, 6.45) is 15.9. The summed E-state index contributed by atoms with van der Waals surface area (Å²) in [6, 6.07) is 22.9. The number of hydrogen-bond donors (Lipinski definition) is 4. The maximum absolute atomic E-state index is 14.0. The molecule has 3 aromatic carbocycles.